The molecule has 3 rings (SSSR count). The zero-order valence-electron chi connectivity index (χ0n) is 12.7. The maximum Gasteiger partial charge on any atom is 0.436 e. The Morgan fingerprint density at radius 3 is 2.79 bits per heavy atom. The van der Waals surface area contributed by atoms with Crippen molar-refractivity contribution >= 4 is 21.8 Å². The zero-order valence-corrected chi connectivity index (χ0v) is 14.3. The van der Waals surface area contributed by atoms with Gasteiger partial charge in [-0.15, -0.1) is 0 Å². The van der Waals surface area contributed by atoms with E-state index in [0.29, 0.717) is 11.4 Å². The van der Waals surface area contributed by atoms with Crippen molar-refractivity contribution in [3.05, 3.63) is 33.8 Å². The first kappa shape index (κ1) is 17.0. The van der Waals surface area contributed by atoms with Crippen molar-refractivity contribution in [2.24, 2.45) is 0 Å². The second-order valence-electron chi connectivity index (χ2n) is 5.74. The lowest BCUT2D eigenvalue weighted by Crippen LogP contribution is -2.32. The van der Waals surface area contributed by atoms with Gasteiger partial charge in [-0.05, 0) is 41.8 Å². The van der Waals surface area contributed by atoms with Crippen LogP contribution in [0.25, 0.3) is 0 Å². The monoisotopic (exact) mass is 405 g/mol. The molecule has 1 aliphatic carbocycles. The minimum Gasteiger partial charge on any atom is -0.349 e. The lowest BCUT2D eigenvalue weighted by Gasteiger charge is -2.15. The number of aromatic amines is 1. The van der Waals surface area contributed by atoms with E-state index in [-0.39, 0.29) is 16.9 Å². The van der Waals surface area contributed by atoms with Crippen LogP contribution in [0.4, 0.5) is 13.2 Å². The van der Waals surface area contributed by atoms with Crippen molar-refractivity contribution in [1.29, 1.82) is 0 Å². The zero-order chi connectivity index (χ0) is 17.5. The summed E-state index contributed by atoms with van der Waals surface area (Å²) in [6.07, 6.45) is -1.43. The van der Waals surface area contributed by atoms with Crippen LogP contribution in [0.3, 0.4) is 0 Å². The summed E-state index contributed by atoms with van der Waals surface area (Å²) in [4.78, 5) is 12.3. The van der Waals surface area contributed by atoms with Gasteiger partial charge in [0.2, 0.25) is 5.91 Å². The average molecular weight is 406 g/mol. The molecule has 2 N–H and O–H groups in total. The van der Waals surface area contributed by atoms with Crippen molar-refractivity contribution in [1.82, 2.24) is 25.3 Å². The highest BCUT2D eigenvalue weighted by molar-refractivity contribution is 9.10. The molecule has 0 saturated heterocycles. The number of alkyl halides is 3. The van der Waals surface area contributed by atoms with Gasteiger partial charge in [-0.3, -0.25) is 14.6 Å². The first-order chi connectivity index (χ1) is 11.3. The Kier molecular flexibility index (Phi) is 4.41. The molecule has 0 radical (unpaired) electrons. The summed E-state index contributed by atoms with van der Waals surface area (Å²) >= 11 is 3.02. The first-order valence-corrected chi connectivity index (χ1v) is 8.19. The summed E-state index contributed by atoms with van der Waals surface area (Å²) in [7, 11) is 0. The first-order valence-electron chi connectivity index (χ1n) is 7.40. The maximum atomic E-state index is 13.1. The fraction of sp³-hybridized carbons (Fsp3) is 0.500. The summed E-state index contributed by atoms with van der Waals surface area (Å²) < 4.78 is 40.4. The molecule has 1 aliphatic rings. The lowest BCUT2D eigenvalue weighted by atomic mass is 10.2. The van der Waals surface area contributed by atoms with Crippen molar-refractivity contribution in [2.45, 2.75) is 44.4 Å². The molecular weight excluding hydrogens is 391 g/mol. The highest BCUT2D eigenvalue weighted by atomic mass is 79.9. The number of amides is 1. The van der Waals surface area contributed by atoms with Crippen LogP contribution in [-0.2, 0) is 17.5 Å². The third-order valence-electron chi connectivity index (χ3n) is 3.88. The number of carbonyl (C=O) groups excluding carboxylic acids is 1. The topological polar surface area (TPSA) is 75.6 Å². The second kappa shape index (κ2) is 6.23. The van der Waals surface area contributed by atoms with Crippen LogP contribution in [-0.4, -0.2) is 25.9 Å². The number of nitrogens with one attached hydrogen (secondary N) is 2. The molecule has 0 unspecified atom stereocenters. The van der Waals surface area contributed by atoms with Gasteiger partial charge < -0.3 is 5.32 Å². The predicted octanol–water partition coefficient (Wildman–Crippen LogP) is 3.14. The molecule has 1 fully saturated rings. The van der Waals surface area contributed by atoms with Gasteiger partial charge in [-0.1, -0.05) is 0 Å². The summed E-state index contributed by atoms with van der Waals surface area (Å²) in [5.41, 5.74) is 0.153. The maximum absolute atomic E-state index is 13.1. The number of aromatic nitrogens is 4. The molecule has 130 valence electrons. The third kappa shape index (κ3) is 3.33. The van der Waals surface area contributed by atoms with Crippen LogP contribution < -0.4 is 5.32 Å². The Labute approximate surface area is 143 Å². The van der Waals surface area contributed by atoms with E-state index in [4.69, 9.17) is 0 Å². The Hall–Kier alpha value is -1.84. The third-order valence-corrected chi connectivity index (χ3v) is 4.66. The second-order valence-corrected chi connectivity index (χ2v) is 6.53. The van der Waals surface area contributed by atoms with Gasteiger partial charge in [0.05, 0.1) is 22.4 Å². The van der Waals surface area contributed by atoms with Gasteiger partial charge in [0, 0.05) is 12.1 Å². The van der Waals surface area contributed by atoms with E-state index in [1.807, 2.05) is 0 Å². The van der Waals surface area contributed by atoms with E-state index in [9.17, 15) is 18.0 Å². The minimum atomic E-state index is -4.57. The Morgan fingerprint density at radius 1 is 1.54 bits per heavy atom. The van der Waals surface area contributed by atoms with Crippen LogP contribution in [0, 0.1) is 0 Å². The molecule has 10 heteroatoms. The molecule has 0 aromatic carbocycles. The molecule has 1 saturated carbocycles. The minimum absolute atomic E-state index is 0.00540. The number of carbonyl (C=O) groups is 1. The summed E-state index contributed by atoms with van der Waals surface area (Å²) in [5.74, 6) is -0.402. The molecule has 2 aromatic rings. The van der Waals surface area contributed by atoms with Gasteiger partial charge in [-0.2, -0.15) is 23.4 Å². The fourth-order valence-corrected chi connectivity index (χ4v) is 3.26. The van der Waals surface area contributed by atoms with Gasteiger partial charge in [-0.25, -0.2) is 0 Å². The number of halogens is 4. The quantitative estimate of drug-likeness (QED) is 0.801. The molecule has 0 aliphatic heterocycles. The smallest absolute Gasteiger partial charge is 0.349 e. The average Bonchev–Trinajstić information content (AvgIpc) is 3.08. The van der Waals surface area contributed by atoms with Gasteiger partial charge in [0.15, 0.2) is 5.69 Å². The van der Waals surface area contributed by atoms with Gasteiger partial charge >= 0.3 is 6.18 Å². The Bertz CT molecular complexity index is 736. The molecule has 0 bridgehead atoms. The van der Waals surface area contributed by atoms with Crippen LogP contribution in [0.2, 0.25) is 0 Å². The summed E-state index contributed by atoms with van der Waals surface area (Å²) in [5, 5.41) is 12.8. The van der Waals surface area contributed by atoms with Crippen molar-refractivity contribution in [2.75, 3.05) is 0 Å². The van der Waals surface area contributed by atoms with E-state index in [0.717, 1.165) is 12.8 Å². The normalized spacial score (nSPS) is 16.2. The van der Waals surface area contributed by atoms with Gasteiger partial charge in [0.25, 0.3) is 0 Å². The molecule has 2 aromatic heterocycles. The van der Waals surface area contributed by atoms with Crippen LogP contribution in [0.5, 0.6) is 0 Å². The predicted molar refractivity (Wildman–Crippen MR) is 82.0 cm³/mol. The summed E-state index contributed by atoms with van der Waals surface area (Å²) in [6, 6.07) is 0.850. The van der Waals surface area contributed by atoms with Crippen molar-refractivity contribution < 1.29 is 18.0 Å². The molecule has 2 heterocycles. The van der Waals surface area contributed by atoms with Crippen LogP contribution in [0.15, 0.2) is 16.7 Å². The molecule has 1 amide bonds. The number of hydrogen-bond acceptors (Lipinski definition) is 3. The number of H-pyrrole nitrogens is 1. The van der Waals surface area contributed by atoms with E-state index in [1.165, 1.54) is 11.6 Å². The summed E-state index contributed by atoms with van der Waals surface area (Å²) in [6.45, 7) is 1.75. The van der Waals surface area contributed by atoms with Crippen molar-refractivity contribution in [3.8, 4) is 0 Å². The van der Waals surface area contributed by atoms with Crippen LogP contribution >= 0.6 is 15.9 Å². The van der Waals surface area contributed by atoms with E-state index in [1.54, 1.807) is 12.3 Å². The number of hydrogen-bond donors (Lipinski definition) is 2. The Morgan fingerprint density at radius 2 is 2.25 bits per heavy atom. The number of nitrogens with zero attached hydrogens (tertiary/aromatic N) is 3. The van der Waals surface area contributed by atoms with E-state index >= 15 is 0 Å². The standard InChI is InChI=1S/C14H15BrF3N5O/c1-7(13(24)19-6-9-4-5-20-21-9)23-11(8-2-3-8)10(15)12(22-23)14(16,17)18/h4-5,7-8H,2-3,6H2,1H3,(H,19,24)(H,20,21)/t7-/m1/s1. The van der Waals surface area contributed by atoms with E-state index in [2.05, 4.69) is 36.5 Å². The van der Waals surface area contributed by atoms with Gasteiger partial charge in [0.1, 0.15) is 6.04 Å². The molecule has 1 atom stereocenters. The van der Waals surface area contributed by atoms with Crippen molar-refractivity contribution in [3.63, 3.8) is 0 Å². The van der Waals surface area contributed by atoms with E-state index < -0.39 is 23.8 Å². The highest BCUT2D eigenvalue weighted by Crippen LogP contribution is 2.47. The largest absolute Gasteiger partial charge is 0.436 e. The Balaban J connectivity index is 1.83. The van der Waals surface area contributed by atoms with Crippen LogP contribution in [0.1, 0.15) is 48.8 Å². The molecule has 0 spiro atoms. The fourth-order valence-electron chi connectivity index (χ4n) is 2.45. The molecule has 24 heavy (non-hydrogen) atoms. The lowest BCUT2D eigenvalue weighted by molar-refractivity contribution is -0.142. The SMILES string of the molecule is C[C@H](C(=O)NCc1ccn[nH]1)n1nc(C(F)(F)F)c(Br)c1C1CC1. The number of rotatable bonds is 5. The molecule has 6 nitrogen and oxygen atoms in total. The highest BCUT2D eigenvalue weighted by Gasteiger charge is 2.42. The molecular formula is C14H15BrF3N5O.